The maximum Gasteiger partial charge on any atom is 0.319 e. The fourth-order valence-corrected chi connectivity index (χ4v) is 6.88. The van der Waals surface area contributed by atoms with E-state index in [0.717, 1.165) is 36.7 Å². The van der Waals surface area contributed by atoms with Crippen molar-refractivity contribution in [1.29, 1.82) is 0 Å². The van der Waals surface area contributed by atoms with Crippen molar-refractivity contribution in [1.82, 2.24) is 5.32 Å². The standard InChI is InChI=1S/C19H28N2O3S2/c22-19(20-12-13-25-16-7-1-2-8-16)21-15-6-5-11-18(14-15)26(23,24)17-9-3-4-10-17/h5-6,11,14,16-17H,1-4,7-10,12-13H2,(H2,20,21,22). The molecule has 0 saturated heterocycles. The van der Waals surface area contributed by atoms with Gasteiger partial charge in [0.2, 0.25) is 0 Å². The second kappa shape index (κ2) is 9.13. The van der Waals surface area contributed by atoms with Gasteiger partial charge in [-0.2, -0.15) is 11.8 Å². The first kappa shape index (κ1) is 19.5. The Balaban J connectivity index is 1.49. The van der Waals surface area contributed by atoms with Crippen LogP contribution in [0.15, 0.2) is 29.2 Å². The Kier molecular flexibility index (Phi) is 6.86. The molecule has 1 aromatic rings. The maximum atomic E-state index is 12.7. The Hall–Kier alpha value is -1.21. The van der Waals surface area contributed by atoms with Crippen LogP contribution in [0.25, 0.3) is 0 Å². The Morgan fingerprint density at radius 2 is 1.77 bits per heavy atom. The van der Waals surface area contributed by atoms with Gasteiger partial charge >= 0.3 is 6.03 Å². The van der Waals surface area contributed by atoms with Crippen LogP contribution >= 0.6 is 11.8 Å². The number of carbonyl (C=O) groups is 1. The summed E-state index contributed by atoms with van der Waals surface area (Å²) in [7, 11) is -3.30. The summed E-state index contributed by atoms with van der Waals surface area (Å²) in [6.45, 7) is 0.618. The van der Waals surface area contributed by atoms with Gasteiger partial charge in [0.1, 0.15) is 0 Å². The van der Waals surface area contributed by atoms with E-state index in [1.54, 1.807) is 24.3 Å². The lowest BCUT2D eigenvalue weighted by Gasteiger charge is -2.13. The van der Waals surface area contributed by atoms with Gasteiger partial charge < -0.3 is 10.6 Å². The molecule has 3 rings (SSSR count). The van der Waals surface area contributed by atoms with Crippen molar-refractivity contribution in [2.45, 2.75) is 66.8 Å². The number of thioether (sulfide) groups is 1. The Labute approximate surface area is 160 Å². The lowest BCUT2D eigenvalue weighted by molar-refractivity contribution is 0.252. The van der Waals surface area contributed by atoms with Crippen molar-refractivity contribution in [3.05, 3.63) is 24.3 Å². The van der Waals surface area contributed by atoms with E-state index in [1.165, 1.54) is 25.7 Å². The van der Waals surface area contributed by atoms with Gasteiger partial charge in [0, 0.05) is 23.2 Å². The Morgan fingerprint density at radius 1 is 1.08 bits per heavy atom. The van der Waals surface area contributed by atoms with Gasteiger partial charge in [-0.3, -0.25) is 0 Å². The van der Waals surface area contributed by atoms with E-state index in [4.69, 9.17) is 0 Å². The molecule has 0 aliphatic heterocycles. The van der Waals surface area contributed by atoms with Gasteiger partial charge in [-0.15, -0.1) is 0 Å². The van der Waals surface area contributed by atoms with Gasteiger partial charge in [0.05, 0.1) is 10.1 Å². The van der Waals surface area contributed by atoms with E-state index >= 15 is 0 Å². The van der Waals surface area contributed by atoms with E-state index in [2.05, 4.69) is 10.6 Å². The summed E-state index contributed by atoms with van der Waals surface area (Å²) in [5.41, 5.74) is 0.519. The van der Waals surface area contributed by atoms with E-state index in [-0.39, 0.29) is 11.3 Å². The topological polar surface area (TPSA) is 75.3 Å². The third kappa shape index (κ3) is 5.16. The van der Waals surface area contributed by atoms with Crippen LogP contribution in [-0.2, 0) is 9.84 Å². The van der Waals surface area contributed by atoms with Crippen LogP contribution in [0.4, 0.5) is 10.5 Å². The van der Waals surface area contributed by atoms with Crippen LogP contribution in [0.3, 0.4) is 0 Å². The monoisotopic (exact) mass is 396 g/mol. The number of benzene rings is 1. The molecular formula is C19H28N2O3S2. The van der Waals surface area contributed by atoms with Gasteiger partial charge in [-0.1, -0.05) is 31.7 Å². The zero-order chi connectivity index (χ0) is 18.4. The van der Waals surface area contributed by atoms with E-state index in [0.29, 0.717) is 17.1 Å². The highest BCUT2D eigenvalue weighted by atomic mass is 32.2. The molecule has 2 N–H and O–H groups in total. The van der Waals surface area contributed by atoms with Crippen molar-refractivity contribution < 1.29 is 13.2 Å². The molecule has 26 heavy (non-hydrogen) atoms. The second-order valence-corrected chi connectivity index (χ2v) is 10.8. The van der Waals surface area contributed by atoms with E-state index < -0.39 is 9.84 Å². The molecule has 2 fully saturated rings. The molecule has 2 amide bonds. The minimum atomic E-state index is -3.30. The first-order valence-corrected chi connectivity index (χ1v) is 12.2. The first-order chi connectivity index (χ1) is 12.6. The highest BCUT2D eigenvalue weighted by molar-refractivity contribution is 7.99. The van der Waals surface area contributed by atoms with Crippen LogP contribution in [0.2, 0.25) is 0 Å². The number of urea groups is 1. The molecule has 2 aliphatic carbocycles. The molecular weight excluding hydrogens is 368 g/mol. The molecule has 0 unspecified atom stereocenters. The molecule has 0 radical (unpaired) electrons. The van der Waals surface area contributed by atoms with Gasteiger partial charge in [-0.05, 0) is 43.9 Å². The summed E-state index contributed by atoms with van der Waals surface area (Å²) >= 11 is 1.93. The predicted molar refractivity (Wildman–Crippen MR) is 108 cm³/mol. The normalized spacial score (nSPS) is 18.9. The average Bonchev–Trinajstić information content (AvgIpc) is 3.33. The second-order valence-electron chi connectivity index (χ2n) is 7.14. The van der Waals surface area contributed by atoms with Gasteiger partial charge in [-0.25, -0.2) is 13.2 Å². The van der Waals surface area contributed by atoms with Gasteiger partial charge in [0.25, 0.3) is 0 Å². The number of rotatable bonds is 7. The molecule has 0 bridgehead atoms. The van der Waals surface area contributed by atoms with Crippen molar-refractivity contribution in [2.75, 3.05) is 17.6 Å². The molecule has 0 aromatic heterocycles. The smallest absolute Gasteiger partial charge is 0.319 e. The number of carbonyl (C=O) groups excluding carboxylic acids is 1. The van der Waals surface area contributed by atoms with Crippen molar-refractivity contribution in [3.63, 3.8) is 0 Å². The fraction of sp³-hybridized carbons (Fsp3) is 0.632. The third-order valence-electron chi connectivity index (χ3n) is 5.20. The van der Waals surface area contributed by atoms with Crippen LogP contribution in [0.1, 0.15) is 51.4 Å². The number of nitrogens with one attached hydrogen (secondary N) is 2. The molecule has 7 heteroatoms. The average molecular weight is 397 g/mol. The van der Waals surface area contributed by atoms with Crippen molar-refractivity contribution >= 4 is 33.3 Å². The number of anilines is 1. The molecule has 144 valence electrons. The molecule has 1 aromatic carbocycles. The maximum absolute atomic E-state index is 12.7. The Morgan fingerprint density at radius 3 is 2.50 bits per heavy atom. The highest BCUT2D eigenvalue weighted by Gasteiger charge is 2.30. The molecule has 0 atom stereocenters. The zero-order valence-corrected chi connectivity index (χ0v) is 16.7. The van der Waals surface area contributed by atoms with Crippen LogP contribution in [0, 0.1) is 0 Å². The zero-order valence-electron chi connectivity index (χ0n) is 15.1. The number of hydrogen-bond donors (Lipinski definition) is 2. The van der Waals surface area contributed by atoms with Crippen LogP contribution < -0.4 is 10.6 Å². The van der Waals surface area contributed by atoms with Gasteiger partial charge in [0.15, 0.2) is 9.84 Å². The summed E-state index contributed by atoms with van der Waals surface area (Å²) in [6.07, 6.45) is 8.65. The molecule has 0 spiro atoms. The third-order valence-corrected chi connectivity index (χ3v) is 8.85. The summed E-state index contributed by atoms with van der Waals surface area (Å²) in [6, 6.07) is 6.32. The van der Waals surface area contributed by atoms with Crippen molar-refractivity contribution in [2.24, 2.45) is 0 Å². The van der Waals surface area contributed by atoms with Crippen molar-refractivity contribution in [3.8, 4) is 0 Å². The number of hydrogen-bond acceptors (Lipinski definition) is 4. The molecule has 2 saturated carbocycles. The molecule has 2 aliphatic rings. The van der Waals surface area contributed by atoms with Crippen LogP contribution in [-0.4, -0.2) is 37.2 Å². The lowest BCUT2D eigenvalue weighted by atomic mass is 10.3. The predicted octanol–water partition coefficient (Wildman–Crippen LogP) is 4.20. The minimum absolute atomic E-state index is 0.279. The quantitative estimate of drug-likeness (QED) is 0.677. The molecule has 5 nitrogen and oxygen atoms in total. The number of sulfone groups is 1. The summed E-state index contributed by atoms with van der Waals surface area (Å²) < 4.78 is 25.4. The largest absolute Gasteiger partial charge is 0.337 e. The van der Waals surface area contributed by atoms with Crippen LogP contribution in [0.5, 0.6) is 0 Å². The van der Waals surface area contributed by atoms with E-state index in [9.17, 15) is 13.2 Å². The lowest BCUT2D eigenvalue weighted by Crippen LogP contribution is -2.30. The Bertz CT molecular complexity index is 709. The summed E-state index contributed by atoms with van der Waals surface area (Å²) in [4.78, 5) is 12.3. The summed E-state index contributed by atoms with van der Waals surface area (Å²) in [5, 5.41) is 6.07. The summed E-state index contributed by atoms with van der Waals surface area (Å²) in [5.74, 6) is 0.911. The number of amides is 2. The fourth-order valence-electron chi connectivity index (χ4n) is 3.76. The minimum Gasteiger partial charge on any atom is -0.337 e. The first-order valence-electron chi connectivity index (χ1n) is 9.56. The highest BCUT2D eigenvalue weighted by Crippen LogP contribution is 2.30. The SMILES string of the molecule is O=C(NCCSC1CCCC1)Nc1cccc(S(=O)(=O)C2CCCC2)c1. The molecule has 0 heterocycles. The van der Waals surface area contributed by atoms with E-state index in [1.807, 2.05) is 11.8 Å².